The highest BCUT2D eigenvalue weighted by atomic mass is 16.7. The minimum absolute atomic E-state index is 0.0822. The Bertz CT molecular complexity index is 2230. The number of ether oxygens (including phenoxy) is 2. The molecule has 3 aliphatic heterocycles. The molecule has 1 saturated heterocycles. The van der Waals surface area contributed by atoms with Gasteiger partial charge in [-0.15, -0.1) is 0 Å². The number of hydrogen-bond acceptors (Lipinski definition) is 4. The average Bonchev–Trinajstić information content (AvgIpc) is 3.87. The fourth-order valence-electron chi connectivity index (χ4n) is 7.94. The zero-order valence-electron chi connectivity index (χ0n) is 30.2. The summed E-state index contributed by atoms with van der Waals surface area (Å²) in [6.07, 6.45) is 7.82. The van der Waals surface area contributed by atoms with Gasteiger partial charge in [0.1, 0.15) is 0 Å². The summed E-state index contributed by atoms with van der Waals surface area (Å²) in [5.74, 6) is 0. The van der Waals surface area contributed by atoms with Gasteiger partial charge >= 0.3 is 0 Å². The second-order valence-electron chi connectivity index (χ2n) is 15.1. The molecule has 6 nitrogen and oxygen atoms in total. The third-order valence-electron chi connectivity index (χ3n) is 9.95. The van der Waals surface area contributed by atoms with Crippen molar-refractivity contribution in [1.29, 1.82) is 0 Å². The molecule has 1 fully saturated rings. The first kappa shape index (κ1) is 32.2. The fraction of sp³-hybridized carbons (Fsp3) is 0.273. The van der Waals surface area contributed by atoms with Crippen LogP contribution in [0.1, 0.15) is 81.9 Å². The van der Waals surface area contributed by atoms with Crippen molar-refractivity contribution in [1.82, 2.24) is 19.9 Å². The maximum atomic E-state index is 6.47. The second kappa shape index (κ2) is 12.1. The van der Waals surface area contributed by atoms with Crippen LogP contribution < -0.4 is 0 Å². The first-order valence-corrected chi connectivity index (χ1v) is 17.5. The molecule has 6 heteroatoms. The SMILES string of the molecule is Cc1cc(C)c(-c2c3nc(c(C4OCC(C)(C)CO4)c4nc(c(-c5c(C)cc(C)cc5C)c5ccc(cc6ccc2[nH]6)[nH]5)C=C4)C=C3)c(C)c1. The molecule has 50 heavy (non-hydrogen) atoms. The summed E-state index contributed by atoms with van der Waals surface area (Å²) < 4.78 is 12.9. The maximum Gasteiger partial charge on any atom is 0.188 e. The Labute approximate surface area is 294 Å². The summed E-state index contributed by atoms with van der Waals surface area (Å²) in [4.78, 5) is 18.2. The molecule has 0 atom stereocenters. The molecule has 5 aromatic rings. The van der Waals surface area contributed by atoms with Crippen molar-refractivity contribution in [3.05, 3.63) is 116 Å². The summed E-state index contributed by atoms with van der Waals surface area (Å²) in [6, 6.07) is 19.8. The molecule has 0 radical (unpaired) electrons. The molecule has 0 saturated carbocycles. The van der Waals surface area contributed by atoms with Gasteiger partial charge in [-0.3, -0.25) is 0 Å². The first-order chi connectivity index (χ1) is 23.9. The number of aryl methyl sites for hydroxylation is 6. The van der Waals surface area contributed by atoms with Crippen LogP contribution in [0.5, 0.6) is 0 Å². The van der Waals surface area contributed by atoms with Gasteiger partial charge in [0.05, 0.1) is 41.6 Å². The van der Waals surface area contributed by atoms with Crippen LogP contribution in [-0.4, -0.2) is 33.1 Å². The third kappa shape index (κ3) is 5.72. The summed E-state index contributed by atoms with van der Waals surface area (Å²) >= 11 is 0. The Morgan fingerprint density at radius 2 is 0.940 bits per heavy atom. The van der Waals surface area contributed by atoms with E-state index in [0.717, 1.165) is 61.5 Å². The van der Waals surface area contributed by atoms with Crippen LogP contribution in [0.3, 0.4) is 0 Å². The van der Waals surface area contributed by atoms with Crippen molar-refractivity contribution in [2.75, 3.05) is 13.2 Å². The Morgan fingerprint density at radius 3 is 1.36 bits per heavy atom. The van der Waals surface area contributed by atoms with Gasteiger partial charge in [-0.1, -0.05) is 49.2 Å². The van der Waals surface area contributed by atoms with Crippen molar-refractivity contribution in [3.8, 4) is 22.3 Å². The highest BCUT2D eigenvalue weighted by molar-refractivity contribution is 5.95. The largest absolute Gasteiger partial charge is 0.355 e. The minimum Gasteiger partial charge on any atom is -0.355 e. The van der Waals surface area contributed by atoms with Crippen molar-refractivity contribution >= 4 is 46.4 Å². The first-order valence-electron chi connectivity index (χ1n) is 17.5. The van der Waals surface area contributed by atoms with Crippen molar-refractivity contribution in [2.24, 2.45) is 5.41 Å². The van der Waals surface area contributed by atoms with E-state index in [1.165, 1.54) is 44.5 Å². The van der Waals surface area contributed by atoms with Crippen LogP contribution in [0.2, 0.25) is 0 Å². The lowest BCUT2D eigenvalue weighted by atomic mass is 9.92. The van der Waals surface area contributed by atoms with E-state index >= 15 is 0 Å². The number of fused-ring (bicyclic) bond motifs is 8. The Balaban J connectivity index is 1.51. The molecule has 2 N–H and O–H groups in total. The summed E-state index contributed by atoms with van der Waals surface area (Å²) in [6.45, 7) is 18.5. The molecular weight excluding hydrogens is 617 g/mol. The minimum atomic E-state index is -0.603. The molecule has 0 aliphatic carbocycles. The molecule has 3 aromatic heterocycles. The van der Waals surface area contributed by atoms with Gasteiger partial charge in [-0.2, -0.15) is 0 Å². The van der Waals surface area contributed by atoms with Crippen molar-refractivity contribution in [3.63, 3.8) is 0 Å². The normalized spacial score (nSPS) is 15.6. The molecule has 3 aliphatic rings. The molecule has 8 rings (SSSR count). The molecule has 0 amide bonds. The number of nitrogens with one attached hydrogen (secondary N) is 2. The predicted molar refractivity (Wildman–Crippen MR) is 207 cm³/mol. The summed E-state index contributed by atoms with van der Waals surface area (Å²) in [7, 11) is 0. The molecule has 2 aromatic carbocycles. The van der Waals surface area contributed by atoms with Gasteiger partial charge in [0.15, 0.2) is 6.29 Å². The van der Waals surface area contributed by atoms with Crippen molar-refractivity contribution in [2.45, 2.75) is 61.7 Å². The standard InChI is InChI=1S/C44H44N4O2/c1-24-17-26(3)38(27(4)18-24)40-32-11-9-30(45-32)21-31-10-12-33(46-31)41(39-28(5)19-25(2)20-29(39)6)35-14-16-37(48-35)42(36-15-13-34(40)47-36)43-49-22-44(7,8)23-50-43/h9-21,43,45-46H,22-23H2,1-8H3. The van der Waals surface area contributed by atoms with Gasteiger partial charge in [-0.05, 0) is 130 Å². The molecule has 0 spiro atoms. The molecule has 8 bridgehead atoms. The number of benzene rings is 2. The summed E-state index contributed by atoms with van der Waals surface area (Å²) in [5.41, 5.74) is 20.0. The lowest BCUT2D eigenvalue weighted by Crippen LogP contribution is -2.34. The zero-order chi connectivity index (χ0) is 34.9. The average molecular weight is 661 g/mol. The van der Waals surface area contributed by atoms with Crippen LogP contribution in [0.4, 0.5) is 0 Å². The lowest BCUT2D eigenvalue weighted by Gasteiger charge is -2.35. The van der Waals surface area contributed by atoms with Crippen LogP contribution in [0.25, 0.3) is 68.6 Å². The van der Waals surface area contributed by atoms with E-state index in [0.29, 0.717) is 13.2 Å². The number of hydrogen-bond donors (Lipinski definition) is 2. The van der Waals surface area contributed by atoms with Crippen molar-refractivity contribution < 1.29 is 9.47 Å². The van der Waals surface area contributed by atoms with E-state index in [1.807, 2.05) is 0 Å². The van der Waals surface area contributed by atoms with E-state index in [-0.39, 0.29) is 5.41 Å². The molecule has 0 unspecified atom stereocenters. The van der Waals surface area contributed by atoms with Gasteiger partial charge in [0.25, 0.3) is 0 Å². The van der Waals surface area contributed by atoms with Gasteiger partial charge < -0.3 is 19.4 Å². The van der Waals surface area contributed by atoms with E-state index in [9.17, 15) is 0 Å². The number of aromatic nitrogens is 4. The smallest absolute Gasteiger partial charge is 0.188 e. The topological polar surface area (TPSA) is 75.8 Å². The zero-order valence-corrected chi connectivity index (χ0v) is 30.2. The Kier molecular flexibility index (Phi) is 7.77. The molecule has 6 heterocycles. The van der Waals surface area contributed by atoms with Crippen LogP contribution >= 0.6 is 0 Å². The van der Waals surface area contributed by atoms with E-state index in [2.05, 4.69) is 144 Å². The van der Waals surface area contributed by atoms with Gasteiger partial charge in [0.2, 0.25) is 0 Å². The summed E-state index contributed by atoms with van der Waals surface area (Å²) in [5, 5.41) is 0. The van der Waals surface area contributed by atoms with E-state index in [4.69, 9.17) is 19.4 Å². The van der Waals surface area contributed by atoms with E-state index < -0.39 is 6.29 Å². The Morgan fingerprint density at radius 1 is 0.540 bits per heavy atom. The highest BCUT2D eigenvalue weighted by Gasteiger charge is 2.33. The number of H-pyrrole nitrogens is 2. The fourth-order valence-corrected chi connectivity index (χ4v) is 7.94. The second-order valence-corrected chi connectivity index (χ2v) is 15.1. The number of rotatable bonds is 3. The number of aromatic amines is 2. The van der Waals surface area contributed by atoms with Gasteiger partial charge in [0, 0.05) is 38.6 Å². The van der Waals surface area contributed by atoms with Crippen LogP contribution in [-0.2, 0) is 9.47 Å². The highest BCUT2D eigenvalue weighted by Crippen LogP contribution is 2.41. The molecule has 252 valence electrons. The lowest BCUT2D eigenvalue weighted by molar-refractivity contribution is -0.226. The number of nitrogens with zero attached hydrogens (tertiary/aromatic N) is 2. The Hall–Kier alpha value is -5.04. The van der Waals surface area contributed by atoms with E-state index in [1.54, 1.807) is 0 Å². The monoisotopic (exact) mass is 660 g/mol. The van der Waals surface area contributed by atoms with Crippen LogP contribution in [0.15, 0.2) is 54.6 Å². The van der Waals surface area contributed by atoms with Crippen LogP contribution in [0, 0.1) is 47.0 Å². The molecular formula is C44H44N4O2. The van der Waals surface area contributed by atoms with Gasteiger partial charge in [-0.25, -0.2) is 9.97 Å². The third-order valence-corrected chi connectivity index (χ3v) is 9.95. The predicted octanol–water partition coefficient (Wildman–Crippen LogP) is 10.9. The quantitative estimate of drug-likeness (QED) is 0.198. The maximum absolute atomic E-state index is 6.47.